The molecule has 7 heteroatoms. The Bertz CT molecular complexity index is 365. The molecule has 1 rings (SSSR count). The molecule has 0 heterocycles. The van der Waals surface area contributed by atoms with E-state index in [0.717, 1.165) is 6.07 Å². The highest BCUT2D eigenvalue weighted by molar-refractivity contribution is 5.47. The number of aromatic hydroxyl groups is 2. The van der Waals surface area contributed by atoms with Crippen molar-refractivity contribution in [1.82, 2.24) is 0 Å². The minimum absolute atomic E-state index is 0.232. The summed E-state index contributed by atoms with van der Waals surface area (Å²) in [6.07, 6.45) is -4.74. The molecule has 0 aliphatic carbocycles. The first-order chi connectivity index (χ1) is 6.86. The highest BCUT2D eigenvalue weighted by atomic mass is 19.4. The molecule has 4 N–H and O–H groups in total. The van der Waals surface area contributed by atoms with Gasteiger partial charge in [-0.15, -0.1) is 0 Å². The zero-order valence-corrected chi connectivity index (χ0v) is 7.38. The Labute approximate surface area is 82.7 Å². The molecule has 0 spiro atoms. The number of nitrogens with two attached hydrogens (primary N) is 1. The van der Waals surface area contributed by atoms with Gasteiger partial charge in [0, 0.05) is 5.56 Å². The number of benzene rings is 1. The summed E-state index contributed by atoms with van der Waals surface area (Å²) in [4.78, 5) is 4.09. The van der Waals surface area contributed by atoms with Crippen LogP contribution in [0.2, 0.25) is 0 Å². The summed E-state index contributed by atoms with van der Waals surface area (Å²) in [5.74, 6) is 3.05. The molecular weight excluding hydrogens is 215 g/mol. The Morgan fingerprint density at radius 1 is 1.27 bits per heavy atom. The van der Waals surface area contributed by atoms with E-state index in [1.807, 2.05) is 0 Å². The molecule has 15 heavy (non-hydrogen) atoms. The van der Waals surface area contributed by atoms with Crippen LogP contribution in [0, 0.1) is 0 Å². The average molecular weight is 223 g/mol. The van der Waals surface area contributed by atoms with Crippen LogP contribution in [0.5, 0.6) is 11.5 Å². The van der Waals surface area contributed by atoms with E-state index in [1.54, 1.807) is 0 Å². The molecule has 1 aromatic rings. The largest absolute Gasteiger partial charge is 0.508 e. The summed E-state index contributed by atoms with van der Waals surface area (Å²) in [6, 6.07) is 1.37. The second-order valence-corrected chi connectivity index (χ2v) is 2.81. The van der Waals surface area contributed by atoms with Crippen molar-refractivity contribution in [2.45, 2.75) is 12.8 Å². The average Bonchev–Trinajstić information content (AvgIpc) is 2.09. The molecular formula is C8H8F3NO3. The van der Waals surface area contributed by atoms with Gasteiger partial charge in [-0.3, -0.25) is 4.84 Å². The van der Waals surface area contributed by atoms with Crippen molar-refractivity contribution >= 4 is 0 Å². The van der Waals surface area contributed by atoms with Gasteiger partial charge in [0.25, 0.3) is 0 Å². The maximum Gasteiger partial charge on any atom is 0.420 e. The molecule has 0 bridgehead atoms. The van der Waals surface area contributed by atoms with Crippen LogP contribution in [0.3, 0.4) is 0 Å². The lowest BCUT2D eigenvalue weighted by molar-refractivity contribution is -0.139. The van der Waals surface area contributed by atoms with E-state index in [1.165, 1.54) is 0 Å². The first-order valence-corrected chi connectivity index (χ1v) is 3.80. The number of halogens is 3. The molecule has 1 aromatic carbocycles. The molecule has 0 saturated carbocycles. The monoisotopic (exact) mass is 223 g/mol. The molecule has 0 radical (unpaired) electrons. The van der Waals surface area contributed by atoms with Crippen molar-refractivity contribution in [3.63, 3.8) is 0 Å². The summed E-state index contributed by atoms with van der Waals surface area (Å²) in [7, 11) is 0. The number of rotatable bonds is 2. The van der Waals surface area contributed by atoms with Crippen LogP contribution in [-0.4, -0.2) is 10.2 Å². The molecule has 0 amide bonds. The predicted octanol–water partition coefficient (Wildman–Crippen LogP) is 1.51. The maximum atomic E-state index is 12.3. The zero-order valence-electron chi connectivity index (χ0n) is 7.38. The number of phenols is 2. The molecule has 0 atom stereocenters. The molecule has 0 aliphatic heterocycles. The number of hydrogen-bond acceptors (Lipinski definition) is 4. The molecule has 0 fully saturated rings. The molecule has 0 aromatic heterocycles. The van der Waals surface area contributed by atoms with Gasteiger partial charge in [-0.1, -0.05) is 0 Å². The van der Waals surface area contributed by atoms with Crippen molar-refractivity contribution in [3.05, 3.63) is 23.3 Å². The summed E-state index contributed by atoms with van der Waals surface area (Å²) in [6.45, 7) is -0.427. The topological polar surface area (TPSA) is 75.7 Å². The molecule has 0 saturated heterocycles. The number of hydrogen-bond donors (Lipinski definition) is 3. The van der Waals surface area contributed by atoms with Crippen molar-refractivity contribution in [2.75, 3.05) is 0 Å². The summed E-state index contributed by atoms with van der Waals surface area (Å²) >= 11 is 0. The first kappa shape index (κ1) is 11.6. The van der Waals surface area contributed by atoms with Crippen LogP contribution < -0.4 is 5.90 Å². The third kappa shape index (κ3) is 2.51. The van der Waals surface area contributed by atoms with Gasteiger partial charge in [-0.2, -0.15) is 13.2 Å². The van der Waals surface area contributed by atoms with Gasteiger partial charge >= 0.3 is 6.18 Å². The van der Waals surface area contributed by atoms with Crippen LogP contribution in [0.15, 0.2) is 12.1 Å². The Kier molecular flexibility index (Phi) is 3.06. The lowest BCUT2D eigenvalue weighted by atomic mass is 10.1. The van der Waals surface area contributed by atoms with E-state index in [-0.39, 0.29) is 5.56 Å². The third-order valence-corrected chi connectivity index (χ3v) is 1.72. The second-order valence-electron chi connectivity index (χ2n) is 2.81. The van der Waals surface area contributed by atoms with Crippen LogP contribution >= 0.6 is 0 Å². The van der Waals surface area contributed by atoms with E-state index in [9.17, 15) is 18.3 Å². The Morgan fingerprint density at radius 3 is 2.33 bits per heavy atom. The van der Waals surface area contributed by atoms with Crippen molar-refractivity contribution in [3.8, 4) is 11.5 Å². The van der Waals surface area contributed by atoms with Crippen molar-refractivity contribution in [2.24, 2.45) is 5.90 Å². The minimum Gasteiger partial charge on any atom is -0.508 e. The standard InChI is InChI=1S/C8H8F3NO3/c9-8(10,11)6-2-5(13)1-4(3-15-12)7(6)14/h1-2,13-14H,3,12H2. The second kappa shape index (κ2) is 3.95. The first-order valence-electron chi connectivity index (χ1n) is 3.80. The fraction of sp³-hybridized carbons (Fsp3) is 0.250. The van der Waals surface area contributed by atoms with Gasteiger partial charge in [0.05, 0.1) is 6.61 Å². The smallest absolute Gasteiger partial charge is 0.420 e. The van der Waals surface area contributed by atoms with Crippen LogP contribution in [0.25, 0.3) is 0 Å². The van der Waals surface area contributed by atoms with Gasteiger partial charge in [-0.05, 0) is 12.1 Å². The number of alkyl halides is 3. The number of phenolic OH excluding ortho intramolecular Hbond substituents is 2. The minimum atomic E-state index is -4.74. The van der Waals surface area contributed by atoms with E-state index < -0.39 is 29.8 Å². The summed E-state index contributed by atoms with van der Waals surface area (Å²) in [5.41, 5.74) is -1.56. The molecule has 4 nitrogen and oxygen atoms in total. The van der Waals surface area contributed by atoms with Gasteiger partial charge < -0.3 is 10.2 Å². The van der Waals surface area contributed by atoms with Crippen molar-refractivity contribution < 1.29 is 28.2 Å². The van der Waals surface area contributed by atoms with E-state index >= 15 is 0 Å². The van der Waals surface area contributed by atoms with Gasteiger partial charge in [-0.25, -0.2) is 5.90 Å². The lowest BCUT2D eigenvalue weighted by Crippen LogP contribution is -2.07. The third-order valence-electron chi connectivity index (χ3n) is 1.72. The fourth-order valence-corrected chi connectivity index (χ4v) is 1.09. The molecule has 0 unspecified atom stereocenters. The Hall–Kier alpha value is -1.47. The fourth-order valence-electron chi connectivity index (χ4n) is 1.09. The van der Waals surface area contributed by atoms with Gasteiger partial charge in [0.2, 0.25) is 0 Å². The van der Waals surface area contributed by atoms with Gasteiger partial charge in [0.1, 0.15) is 17.1 Å². The summed E-state index contributed by atoms with van der Waals surface area (Å²) in [5, 5.41) is 18.2. The van der Waals surface area contributed by atoms with E-state index in [4.69, 9.17) is 5.11 Å². The molecule has 84 valence electrons. The van der Waals surface area contributed by atoms with E-state index in [2.05, 4.69) is 10.7 Å². The predicted molar refractivity (Wildman–Crippen MR) is 43.8 cm³/mol. The van der Waals surface area contributed by atoms with Crippen molar-refractivity contribution in [1.29, 1.82) is 0 Å². The van der Waals surface area contributed by atoms with Crippen LogP contribution in [0.4, 0.5) is 13.2 Å². The van der Waals surface area contributed by atoms with Crippen LogP contribution in [0.1, 0.15) is 11.1 Å². The lowest BCUT2D eigenvalue weighted by Gasteiger charge is -2.12. The Morgan fingerprint density at radius 2 is 1.87 bits per heavy atom. The molecule has 0 aliphatic rings. The normalized spacial score (nSPS) is 11.7. The maximum absolute atomic E-state index is 12.3. The van der Waals surface area contributed by atoms with Crippen LogP contribution in [-0.2, 0) is 17.6 Å². The summed E-state index contributed by atoms with van der Waals surface area (Å²) < 4.78 is 36.9. The van der Waals surface area contributed by atoms with Gasteiger partial charge in [0.15, 0.2) is 0 Å². The Balaban J connectivity index is 3.28. The highest BCUT2D eigenvalue weighted by Crippen LogP contribution is 2.39. The highest BCUT2D eigenvalue weighted by Gasteiger charge is 2.35. The van der Waals surface area contributed by atoms with E-state index in [0.29, 0.717) is 6.07 Å². The zero-order chi connectivity index (χ0) is 11.6. The SMILES string of the molecule is NOCc1cc(O)cc(C(F)(F)F)c1O. The quantitative estimate of drug-likeness (QED) is 0.524.